The van der Waals surface area contributed by atoms with Gasteiger partial charge in [0.2, 0.25) is 0 Å². The first-order valence-corrected chi connectivity index (χ1v) is 8.70. The number of anilines is 1. The Morgan fingerprint density at radius 1 is 1.38 bits per heavy atom. The van der Waals surface area contributed by atoms with Gasteiger partial charge in [0.25, 0.3) is 5.91 Å². The summed E-state index contributed by atoms with van der Waals surface area (Å²) >= 11 is 1.16. The number of nitriles is 1. The molecule has 1 aromatic carbocycles. The zero-order valence-electron chi connectivity index (χ0n) is 14.2. The van der Waals surface area contributed by atoms with Gasteiger partial charge >= 0.3 is 6.18 Å². The van der Waals surface area contributed by atoms with Crippen LogP contribution in [-0.2, 0) is 6.18 Å². The minimum Gasteiger partial charge on any atom is -0.342 e. The normalized spacial score (nSPS) is 21.4. The van der Waals surface area contributed by atoms with E-state index in [1.807, 2.05) is 0 Å². The zero-order valence-corrected chi connectivity index (χ0v) is 15.0. The number of halogens is 3. The monoisotopic (exact) mass is 382 g/mol. The Bertz CT molecular complexity index is 828. The number of fused-ring (bicyclic) bond motifs is 1. The fraction of sp³-hybridized carbons (Fsp3) is 0.412. The van der Waals surface area contributed by atoms with Crippen LogP contribution in [0.2, 0.25) is 0 Å². The highest BCUT2D eigenvalue weighted by atomic mass is 32.2. The molecule has 5 nitrogen and oxygen atoms in total. The molecule has 0 radical (unpaired) electrons. The molecule has 0 spiro atoms. The number of nitrogens with one attached hydrogen (secondary N) is 2. The van der Waals surface area contributed by atoms with Crippen LogP contribution in [0.15, 0.2) is 29.3 Å². The molecular formula is C17H17F3N4OS. The Labute approximate surface area is 153 Å². The number of alkyl halides is 3. The van der Waals surface area contributed by atoms with Gasteiger partial charge in [-0.25, -0.2) is 4.31 Å². The first-order valence-electron chi connectivity index (χ1n) is 7.93. The van der Waals surface area contributed by atoms with Gasteiger partial charge in [0.05, 0.1) is 28.4 Å². The fourth-order valence-electron chi connectivity index (χ4n) is 3.11. The lowest BCUT2D eigenvalue weighted by atomic mass is 10.1. The Hall–Kier alpha value is -2.18. The summed E-state index contributed by atoms with van der Waals surface area (Å²) in [4.78, 5) is 12.7. The molecule has 1 atom stereocenters. The Morgan fingerprint density at radius 2 is 2.12 bits per heavy atom. The van der Waals surface area contributed by atoms with Crippen molar-refractivity contribution >= 4 is 23.7 Å². The van der Waals surface area contributed by atoms with E-state index in [4.69, 9.17) is 5.26 Å². The first-order chi connectivity index (χ1) is 12.2. The highest BCUT2D eigenvalue weighted by Crippen LogP contribution is 2.54. The number of hydrogen-bond acceptors (Lipinski definition) is 5. The number of rotatable bonds is 5. The summed E-state index contributed by atoms with van der Waals surface area (Å²) < 4.78 is 43.8. The van der Waals surface area contributed by atoms with Gasteiger partial charge in [-0.05, 0) is 57.1 Å². The maximum Gasteiger partial charge on any atom is 0.416 e. The molecular weight excluding hydrogens is 365 g/mol. The molecule has 1 fully saturated rings. The second-order valence-corrected chi connectivity index (χ2v) is 7.66. The Balaban J connectivity index is 1.88. The van der Waals surface area contributed by atoms with Gasteiger partial charge in [-0.1, -0.05) is 0 Å². The van der Waals surface area contributed by atoms with Crippen LogP contribution in [0.3, 0.4) is 0 Å². The van der Waals surface area contributed by atoms with Crippen LogP contribution in [0.1, 0.15) is 35.2 Å². The summed E-state index contributed by atoms with van der Waals surface area (Å²) in [6.07, 6.45) is -2.73. The van der Waals surface area contributed by atoms with Crippen LogP contribution >= 0.6 is 12.1 Å². The maximum atomic E-state index is 13.1. The van der Waals surface area contributed by atoms with Crippen molar-refractivity contribution in [1.29, 1.82) is 5.26 Å². The van der Waals surface area contributed by atoms with E-state index in [0.717, 1.165) is 29.8 Å². The predicted molar refractivity (Wildman–Crippen MR) is 93.0 cm³/mol. The SMILES string of the molecule is CN(C)SNc1ccc(C(F)(F)F)cc1C(=O)NC12CCC(C#N)=C1C2. The molecule has 0 bridgehead atoms. The summed E-state index contributed by atoms with van der Waals surface area (Å²) in [5, 5.41) is 11.9. The quantitative estimate of drug-likeness (QED) is 0.760. The van der Waals surface area contributed by atoms with E-state index in [9.17, 15) is 18.0 Å². The van der Waals surface area contributed by atoms with E-state index in [2.05, 4.69) is 16.1 Å². The Morgan fingerprint density at radius 3 is 2.65 bits per heavy atom. The first kappa shape index (κ1) is 18.6. The van der Waals surface area contributed by atoms with E-state index in [1.54, 1.807) is 18.4 Å². The molecule has 1 amide bonds. The molecule has 138 valence electrons. The van der Waals surface area contributed by atoms with Gasteiger partial charge in [-0.3, -0.25) is 4.79 Å². The van der Waals surface area contributed by atoms with Crippen molar-refractivity contribution in [2.24, 2.45) is 0 Å². The molecule has 3 rings (SSSR count). The van der Waals surface area contributed by atoms with E-state index >= 15 is 0 Å². The van der Waals surface area contributed by atoms with Gasteiger partial charge in [0.15, 0.2) is 0 Å². The highest BCUT2D eigenvalue weighted by molar-refractivity contribution is 7.98. The van der Waals surface area contributed by atoms with E-state index in [-0.39, 0.29) is 5.56 Å². The Kier molecular flexibility index (Phi) is 4.67. The van der Waals surface area contributed by atoms with Gasteiger partial charge in [0.1, 0.15) is 0 Å². The molecule has 1 saturated carbocycles. The van der Waals surface area contributed by atoms with E-state index in [1.165, 1.54) is 6.07 Å². The minimum atomic E-state index is -4.54. The van der Waals surface area contributed by atoms with Crippen molar-refractivity contribution in [2.75, 3.05) is 18.8 Å². The number of allylic oxidation sites excluding steroid dienone is 1. The molecule has 0 aromatic heterocycles. The summed E-state index contributed by atoms with van der Waals surface area (Å²) in [7, 11) is 3.54. The molecule has 26 heavy (non-hydrogen) atoms. The second kappa shape index (κ2) is 6.52. The largest absolute Gasteiger partial charge is 0.416 e. The second-order valence-electron chi connectivity index (χ2n) is 6.55. The van der Waals surface area contributed by atoms with E-state index in [0.29, 0.717) is 30.5 Å². The van der Waals surface area contributed by atoms with Crippen molar-refractivity contribution in [3.63, 3.8) is 0 Å². The highest BCUT2D eigenvalue weighted by Gasteiger charge is 2.55. The number of benzene rings is 1. The lowest BCUT2D eigenvalue weighted by Crippen LogP contribution is -2.36. The third-order valence-corrected chi connectivity index (χ3v) is 5.19. The molecule has 0 heterocycles. The summed E-state index contributed by atoms with van der Waals surface area (Å²) in [6, 6.07) is 5.18. The van der Waals surface area contributed by atoms with Crippen molar-refractivity contribution < 1.29 is 18.0 Å². The molecule has 9 heteroatoms. The maximum absolute atomic E-state index is 13.1. The summed E-state index contributed by atoms with van der Waals surface area (Å²) in [5.41, 5.74) is 0.377. The number of amides is 1. The van der Waals surface area contributed by atoms with Crippen LogP contribution in [-0.4, -0.2) is 29.8 Å². The van der Waals surface area contributed by atoms with Crippen LogP contribution in [0.4, 0.5) is 18.9 Å². The summed E-state index contributed by atoms with van der Waals surface area (Å²) in [6.45, 7) is 0. The standard InChI is InChI=1S/C17H17F3N4OS/c1-24(2)26-23-14-4-3-11(17(18,19)20)7-12(14)15(25)22-16-6-5-10(9-21)13(16)8-16/h3-4,7,23H,5-6,8H2,1-2H3,(H,22,25). The number of carbonyl (C=O) groups is 1. The molecule has 1 unspecified atom stereocenters. The average molecular weight is 382 g/mol. The van der Waals surface area contributed by atoms with Gasteiger partial charge in [0, 0.05) is 17.7 Å². The van der Waals surface area contributed by atoms with Gasteiger partial charge in [-0.2, -0.15) is 18.4 Å². The van der Waals surface area contributed by atoms with Crippen LogP contribution in [0.5, 0.6) is 0 Å². The lowest BCUT2D eigenvalue weighted by Gasteiger charge is -2.19. The number of nitrogens with zero attached hydrogens (tertiary/aromatic N) is 2. The topological polar surface area (TPSA) is 68.2 Å². The number of hydrogen-bond donors (Lipinski definition) is 2. The molecule has 0 saturated heterocycles. The smallest absolute Gasteiger partial charge is 0.342 e. The van der Waals surface area contributed by atoms with Crippen LogP contribution < -0.4 is 10.0 Å². The fourth-order valence-corrected chi connectivity index (χ4v) is 3.57. The van der Waals surface area contributed by atoms with Gasteiger partial charge < -0.3 is 10.0 Å². The van der Waals surface area contributed by atoms with Crippen molar-refractivity contribution in [1.82, 2.24) is 9.62 Å². The predicted octanol–water partition coefficient (Wildman–Crippen LogP) is 3.73. The zero-order chi connectivity index (χ0) is 19.1. The molecule has 2 aliphatic carbocycles. The van der Waals surface area contributed by atoms with Crippen LogP contribution in [0, 0.1) is 11.3 Å². The molecule has 0 aliphatic heterocycles. The third-order valence-electron chi connectivity index (χ3n) is 4.51. The van der Waals surface area contributed by atoms with E-state index < -0.39 is 23.2 Å². The third kappa shape index (κ3) is 3.52. The van der Waals surface area contributed by atoms with Crippen molar-refractivity contribution in [2.45, 2.75) is 31.0 Å². The van der Waals surface area contributed by atoms with Gasteiger partial charge in [-0.15, -0.1) is 0 Å². The van der Waals surface area contributed by atoms with Crippen LogP contribution in [0.25, 0.3) is 0 Å². The van der Waals surface area contributed by atoms with Crippen molar-refractivity contribution in [3.05, 3.63) is 40.5 Å². The average Bonchev–Trinajstić information content (AvgIpc) is 3.16. The number of carbonyl (C=O) groups excluding carboxylic acids is 1. The van der Waals surface area contributed by atoms with Crippen molar-refractivity contribution in [3.8, 4) is 6.07 Å². The molecule has 1 aromatic rings. The lowest BCUT2D eigenvalue weighted by molar-refractivity contribution is -0.137. The summed E-state index contributed by atoms with van der Waals surface area (Å²) in [5.74, 6) is -0.577. The molecule has 2 aliphatic rings. The molecule has 2 N–H and O–H groups in total. The minimum absolute atomic E-state index is 0.0693.